The van der Waals surface area contributed by atoms with Gasteiger partial charge >= 0.3 is 0 Å². The summed E-state index contributed by atoms with van der Waals surface area (Å²) in [6.45, 7) is 4.08. The molecule has 0 bridgehead atoms. The highest BCUT2D eigenvalue weighted by molar-refractivity contribution is 6.03. The van der Waals surface area contributed by atoms with Crippen LogP contribution in [-0.4, -0.2) is 15.9 Å². The maximum absolute atomic E-state index is 13.8. The zero-order chi connectivity index (χ0) is 20.3. The Hall–Kier alpha value is -3.42. The van der Waals surface area contributed by atoms with E-state index in [1.54, 1.807) is 6.92 Å². The third kappa shape index (κ3) is 4.46. The van der Waals surface area contributed by atoms with Crippen molar-refractivity contribution in [2.75, 3.05) is 10.6 Å². The largest absolute Gasteiger partial charge is 0.366 e. The molecule has 0 saturated carbocycles. The fourth-order valence-electron chi connectivity index (χ4n) is 2.48. The lowest BCUT2D eigenvalue weighted by Crippen LogP contribution is -2.17. The maximum Gasteiger partial charge on any atom is 0.274 e. The summed E-state index contributed by atoms with van der Waals surface area (Å²) in [6.07, 6.45) is 0. The van der Waals surface area contributed by atoms with Crippen LogP contribution < -0.4 is 10.6 Å². The molecule has 1 aromatic heterocycles. The van der Waals surface area contributed by atoms with Gasteiger partial charge in [-0.1, -0.05) is 29.8 Å². The summed E-state index contributed by atoms with van der Waals surface area (Å²) in [5.41, 5.74) is 1.65. The number of nitrogens with zero attached hydrogens (tertiary/aromatic N) is 2. The van der Waals surface area contributed by atoms with Crippen LogP contribution in [0.5, 0.6) is 0 Å². The van der Waals surface area contributed by atoms with E-state index in [2.05, 4.69) is 20.6 Å². The minimum absolute atomic E-state index is 0.0389. The Labute approximate surface area is 159 Å². The maximum atomic E-state index is 13.8. The topological polar surface area (TPSA) is 66.9 Å². The van der Waals surface area contributed by atoms with Crippen LogP contribution in [0.15, 0.2) is 42.5 Å². The lowest BCUT2D eigenvalue weighted by molar-refractivity contribution is 0.102. The fourth-order valence-corrected chi connectivity index (χ4v) is 2.48. The van der Waals surface area contributed by atoms with Gasteiger partial charge in [-0.2, -0.15) is 0 Å². The molecule has 0 spiro atoms. The SMILES string of the molecule is Cc1ccc(CNc2cc(C(=O)Nc3ccc(F)c(F)c3F)nc(C)n2)cc1. The van der Waals surface area contributed by atoms with Crippen molar-refractivity contribution in [3.63, 3.8) is 0 Å². The summed E-state index contributed by atoms with van der Waals surface area (Å²) < 4.78 is 40.1. The molecule has 0 aliphatic rings. The summed E-state index contributed by atoms with van der Waals surface area (Å²) >= 11 is 0. The number of aromatic nitrogens is 2. The van der Waals surface area contributed by atoms with E-state index < -0.39 is 29.0 Å². The highest BCUT2D eigenvalue weighted by atomic mass is 19.2. The average molecular weight is 386 g/mol. The van der Waals surface area contributed by atoms with Gasteiger partial charge in [0.2, 0.25) is 0 Å². The smallest absolute Gasteiger partial charge is 0.274 e. The Morgan fingerprint density at radius 3 is 2.39 bits per heavy atom. The van der Waals surface area contributed by atoms with Crippen molar-refractivity contribution in [2.45, 2.75) is 20.4 Å². The predicted molar refractivity (Wildman–Crippen MR) is 99.5 cm³/mol. The van der Waals surface area contributed by atoms with Crippen LogP contribution in [0.25, 0.3) is 0 Å². The predicted octanol–water partition coefficient (Wildman–Crippen LogP) is 4.38. The second-order valence-electron chi connectivity index (χ2n) is 6.20. The first-order chi connectivity index (χ1) is 13.3. The second-order valence-corrected chi connectivity index (χ2v) is 6.20. The molecule has 0 atom stereocenters. The summed E-state index contributed by atoms with van der Waals surface area (Å²) in [6, 6.07) is 11.0. The number of halogens is 3. The molecule has 0 saturated heterocycles. The van der Waals surface area contributed by atoms with Gasteiger partial charge in [0, 0.05) is 12.6 Å². The van der Waals surface area contributed by atoms with Gasteiger partial charge in [-0.15, -0.1) is 0 Å². The molecule has 5 nitrogen and oxygen atoms in total. The molecule has 0 aliphatic carbocycles. The fraction of sp³-hybridized carbons (Fsp3) is 0.150. The molecular formula is C20H17F3N4O. The molecular weight excluding hydrogens is 369 g/mol. The van der Waals surface area contributed by atoms with Crippen LogP contribution in [0.4, 0.5) is 24.7 Å². The average Bonchev–Trinajstić information content (AvgIpc) is 2.67. The van der Waals surface area contributed by atoms with Gasteiger partial charge in [0.25, 0.3) is 5.91 Å². The monoisotopic (exact) mass is 386 g/mol. The lowest BCUT2D eigenvalue weighted by Gasteiger charge is -2.10. The summed E-state index contributed by atoms with van der Waals surface area (Å²) in [5, 5.41) is 5.28. The Bertz CT molecular complexity index is 1020. The number of hydrogen-bond acceptors (Lipinski definition) is 4. The lowest BCUT2D eigenvalue weighted by atomic mass is 10.1. The first-order valence-electron chi connectivity index (χ1n) is 8.43. The molecule has 0 radical (unpaired) electrons. The Morgan fingerprint density at radius 2 is 1.68 bits per heavy atom. The third-order valence-corrected chi connectivity index (χ3v) is 3.95. The number of anilines is 2. The quantitative estimate of drug-likeness (QED) is 0.639. The highest BCUT2D eigenvalue weighted by Gasteiger charge is 2.17. The van der Waals surface area contributed by atoms with Crippen LogP contribution >= 0.6 is 0 Å². The molecule has 144 valence electrons. The molecule has 8 heteroatoms. The Balaban J connectivity index is 1.76. The zero-order valence-electron chi connectivity index (χ0n) is 15.2. The molecule has 0 aliphatic heterocycles. The van der Waals surface area contributed by atoms with Crippen molar-refractivity contribution in [2.24, 2.45) is 0 Å². The number of carbonyl (C=O) groups is 1. The van der Waals surface area contributed by atoms with Gasteiger partial charge in [-0.25, -0.2) is 23.1 Å². The summed E-state index contributed by atoms with van der Waals surface area (Å²) in [7, 11) is 0. The molecule has 28 heavy (non-hydrogen) atoms. The number of carbonyl (C=O) groups excluding carboxylic acids is 1. The van der Waals surface area contributed by atoms with Crippen LogP contribution in [0, 0.1) is 31.3 Å². The van der Waals surface area contributed by atoms with Crippen LogP contribution in [0.3, 0.4) is 0 Å². The van der Waals surface area contributed by atoms with E-state index in [4.69, 9.17) is 0 Å². The number of amides is 1. The van der Waals surface area contributed by atoms with Crippen molar-refractivity contribution in [3.05, 3.63) is 82.6 Å². The minimum atomic E-state index is -1.66. The van der Waals surface area contributed by atoms with Crippen molar-refractivity contribution < 1.29 is 18.0 Å². The Kier molecular flexibility index (Phi) is 5.58. The normalized spacial score (nSPS) is 10.6. The Morgan fingerprint density at radius 1 is 0.964 bits per heavy atom. The number of rotatable bonds is 5. The first-order valence-corrected chi connectivity index (χ1v) is 8.43. The van der Waals surface area contributed by atoms with E-state index in [0.29, 0.717) is 18.2 Å². The van der Waals surface area contributed by atoms with Crippen molar-refractivity contribution in [1.29, 1.82) is 0 Å². The molecule has 2 N–H and O–H groups in total. The first kappa shape index (κ1) is 19.3. The van der Waals surface area contributed by atoms with Gasteiger partial charge in [-0.3, -0.25) is 4.79 Å². The standard InChI is InChI=1S/C20H17F3N4O/c1-11-3-5-13(6-4-11)10-24-17-9-16(25-12(2)26-17)20(28)27-15-8-7-14(21)18(22)19(15)23/h3-9H,10H2,1-2H3,(H,27,28)(H,24,25,26). The second kappa shape index (κ2) is 8.08. The van der Waals surface area contributed by atoms with E-state index in [0.717, 1.165) is 23.3 Å². The molecule has 1 amide bonds. The third-order valence-electron chi connectivity index (χ3n) is 3.95. The molecule has 0 unspecified atom stereocenters. The highest BCUT2D eigenvalue weighted by Crippen LogP contribution is 2.20. The van der Waals surface area contributed by atoms with E-state index in [1.807, 2.05) is 31.2 Å². The number of benzene rings is 2. The van der Waals surface area contributed by atoms with Gasteiger partial charge in [0.1, 0.15) is 17.3 Å². The van der Waals surface area contributed by atoms with Crippen molar-refractivity contribution in [3.8, 4) is 0 Å². The molecule has 1 heterocycles. The molecule has 3 rings (SSSR count). The van der Waals surface area contributed by atoms with Gasteiger partial charge in [0.15, 0.2) is 17.5 Å². The van der Waals surface area contributed by atoms with Crippen molar-refractivity contribution in [1.82, 2.24) is 9.97 Å². The van der Waals surface area contributed by atoms with Crippen LogP contribution in [0.2, 0.25) is 0 Å². The zero-order valence-corrected chi connectivity index (χ0v) is 15.2. The van der Waals surface area contributed by atoms with E-state index in [1.165, 1.54) is 6.07 Å². The number of aryl methyl sites for hydroxylation is 2. The van der Waals surface area contributed by atoms with Crippen LogP contribution in [0.1, 0.15) is 27.4 Å². The molecule has 2 aromatic carbocycles. The van der Waals surface area contributed by atoms with E-state index in [-0.39, 0.29) is 5.69 Å². The van der Waals surface area contributed by atoms with E-state index in [9.17, 15) is 18.0 Å². The molecule has 0 fully saturated rings. The van der Waals surface area contributed by atoms with Gasteiger partial charge < -0.3 is 10.6 Å². The molecule has 3 aromatic rings. The van der Waals surface area contributed by atoms with Gasteiger partial charge in [0.05, 0.1) is 5.69 Å². The summed E-state index contributed by atoms with van der Waals surface area (Å²) in [4.78, 5) is 20.6. The minimum Gasteiger partial charge on any atom is -0.366 e. The van der Waals surface area contributed by atoms with E-state index >= 15 is 0 Å². The number of hydrogen-bond donors (Lipinski definition) is 2. The van der Waals surface area contributed by atoms with Crippen molar-refractivity contribution >= 4 is 17.4 Å². The van der Waals surface area contributed by atoms with Crippen LogP contribution in [-0.2, 0) is 6.54 Å². The van der Waals surface area contributed by atoms with Gasteiger partial charge in [-0.05, 0) is 31.5 Å². The summed E-state index contributed by atoms with van der Waals surface area (Å²) in [5.74, 6) is -4.51. The number of nitrogens with one attached hydrogen (secondary N) is 2.